The van der Waals surface area contributed by atoms with E-state index in [4.69, 9.17) is 14.2 Å². The van der Waals surface area contributed by atoms with Crippen molar-refractivity contribution in [3.05, 3.63) is 69.3 Å². The van der Waals surface area contributed by atoms with Crippen LogP contribution in [0.4, 0.5) is 11.4 Å². The van der Waals surface area contributed by atoms with Crippen molar-refractivity contribution in [2.45, 2.75) is 42.9 Å². The first-order chi connectivity index (χ1) is 19.8. The third-order valence-electron chi connectivity index (χ3n) is 10.3. The average molecular weight is 598 g/mol. The highest BCUT2D eigenvalue weighted by Crippen LogP contribution is 2.63. The van der Waals surface area contributed by atoms with Crippen LogP contribution in [-0.2, 0) is 14.9 Å². The van der Waals surface area contributed by atoms with E-state index in [0.29, 0.717) is 36.7 Å². The van der Waals surface area contributed by atoms with Crippen LogP contribution in [0.25, 0.3) is 0 Å². The van der Waals surface area contributed by atoms with E-state index in [1.54, 1.807) is 24.7 Å². The molecule has 8 rings (SSSR count). The molecule has 1 spiro atoms. The Labute approximate surface area is 247 Å². The molecule has 6 aliphatic rings. The molecule has 5 N–H and O–H groups in total. The molecule has 1 unspecified atom stereocenters. The molecule has 7 atom stereocenters. The summed E-state index contributed by atoms with van der Waals surface area (Å²) < 4.78 is 17.6. The summed E-state index contributed by atoms with van der Waals surface area (Å²) in [5.41, 5.74) is 3.75. The van der Waals surface area contributed by atoms with Gasteiger partial charge in [-0.3, -0.25) is 14.9 Å². The summed E-state index contributed by atoms with van der Waals surface area (Å²) in [6, 6.07) is 9.49. The van der Waals surface area contributed by atoms with Crippen molar-refractivity contribution in [3.63, 3.8) is 0 Å². The van der Waals surface area contributed by atoms with E-state index in [2.05, 4.69) is 23.1 Å². The van der Waals surface area contributed by atoms with Crippen molar-refractivity contribution in [2.75, 3.05) is 38.8 Å². The lowest BCUT2D eigenvalue weighted by atomic mass is 9.53. The van der Waals surface area contributed by atoms with Crippen molar-refractivity contribution < 1.29 is 49.7 Å². The Bertz CT molecular complexity index is 1460. The molecule has 230 valence electrons. The van der Waals surface area contributed by atoms with Crippen LogP contribution >= 0.6 is 0 Å². The van der Waals surface area contributed by atoms with Crippen LogP contribution in [0, 0.1) is 22.0 Å². The summed E-state index contributed by atoms with van der Waals surface area (Å²) >= 11 is 0. The number of rotatable bonds is 4. The number of methoxy groups -OCH3 is 2. The highest BCUT2D eigenvalue weighted by molar-refractivity contribution is 5.99. The monoisotopic (exact) mass is 597 g/mol. The van der Waals surface area contributed by atoms with Crippen LogP contribution in [0.1, 0.15) is 35.2 Å². The molecular weight excluding hydrogens is 562 g/mol. The maximum absolute atomic E-state index is 13.5. The number of nitro benzene ring substituents is 1. The molecule has 2 bridgehead atoms. The van der Waals surface area contributed by atoms with E-state index < -0.39 is 10.9 Å². The number of non-ortho nitro benzene ring substituents is 1. The number of piperidine rings is 2. The number of ether oxygens (including phenoxy) is 3. The minimum absolute atomic E-state index is 0. The number of nitrogens with zero attached hydrogens (tertiary/aromatic N) is 2. The zero-order chi connectivity index (χ0) is 28.6. The second kappa shape index (κ2) is 10.9. The predicted molar refractivity (Wildman–Crippen MR) is 150 cm³/mol. The second-order valence-corrected chi connectivity index (χ2v) is 11.7. The fourth-order valence-electron chi connectivity index (χ4n) is 8.81. The van der Waals surface area contributed by atoms with Gasteiger partial charge in [-0.15, -0.1) is 0 Å². The van der Waals surface area contributed by atoms with Gasteiger partial charge in [0.2, 0.25) is 5.91 Å². The van der Waals surface area contributed by atoms with E-state index in [0.717, 1.165) is 48.7 Å². The van der Waals surface area contributed by atoms with Crippen LogP contribution in [0.3, 0.4) is 0 Å². The molecule has 2 aromatic rings. The molecule has 0 aromatic heterocycles. The largest absolute Gasteiger partial charge is 0.545 e. The fraction of sp³-hybridized carbons (Fsp3) is 0.467. The maximum atomic E-state index is 13.5. The van der Waals surface area contributed by atoms with Crippen molar-refractivity contribution in [2.24, 2.45) is 11.8 Å². The minimum Gasteiger partial charge on any atom is -0.545 e. The number of carbonyl (C=O) groups is 2. The van der Waals surface area contributed by atoms with E-state index in [1.165, 1.54) is 18.5 Å². The van der Waals surface area contributed by atoms with Crippen molar-refractivity contribution in [1.29, 1.82) is 0 Å². The third kappa shape index (κ3) is 4.21. The SMILES string of the molecule is COc1cc2c(cc1OC)[C@@]13CC[NH+]4CC5=CCO[C@H]6CC(=O)N2[C@H]1[C@H]6[C@H]5C[C@H]43.O.O.O=C([O-])c1ccc([N+](=O)[O-])cc1. The highest BCUT2D eigenvalue weighted by atomic mass is 16.6. The lowest BCUT2D eigenvalue weighted by Gasteiger charge is -2.56. The molecule has 5 heterocycles. The van der Waals surface area contributed by atoms with E-state index in [9.17, 15) is 24.8 Å². The third-order valence-corrected chi connectivity index (χ3v) is 10.3. The van der Waals surface area contributed by atoms with E-state index in [1.807, 2.05) is 0 Å². The zero-order valence-corrected chi connectivity index (χ0v) is 23.8. The number of nitrogens with one attached hydrogen (secondary N) is 1. The molecule has 1 saturated carbocycles. The Morgan fingerprint density at radius 1 is 1.14 bits per heavy atom. The summed E-state index contributed by atoms with van der Waals surface area (Å²) in [5, 5.41) is 20.3. The van der Waals surface area contributed by atoms with Gasteiger partial charge >= 0.3 is 0 Å². The summed E-state index contributed by atoms with van der Waals surface area (Å²) in [6.07, 6.45) is 5.22. The number of nitro groups is 1. The number of carboxylic acid groups (broad SMARTS) is 1. The van der Waals surface area contributed by atoms with Crippen LogP contribution in [-0.4, -0.2) is 79.9 Å². The number of fused-ring (bicyclic) bond motifs is 2. The van der Waals surface area contributed by atoms with Gasteiger partial charge in [0.05, 0.1) is 74.5 Å². The molecule has 13 heteroatoms. The van der Waals surface area contributed by atoms with Gasteiger partial charge in [0.15, 0.2) is 11.5 Å². The van der Waals surface area contributed by atoms with Crippen molar-refractivity contribution in [1.82, 2.24) is 0 Å². The number of anilines is 1. The Morgan fingerprint density at radius 2 is 1.84 bits per heavy atom. The van der Waals surface area contributed by atoms with Gasteiger partial charge in [0, 0.05) is 37.0 Å². The molecule has 13 nitrogen and oxygen atoms in total. The van der Waals surface area contributed by atoms with Crippen molar-refractivity contribution in [3.8, 4) is 11.5 Å². The number of aromatic carboxylic acids is 1. The van der Waals surface area contributed by atoms with Gasteiger partial charge in [-0.2, -0.15) is 0 Å². The lowest BCUT2D eigenvalue weighted by molar-refractivity contribution is -0.916. The first-order valence-corrected chi connectivity index (χ1v) is 14.0. The number of quaternary nitrogens is 1. The number of hydrogen-bond donors (Lipinski definition) is 1. The molecule has 43 heavy (non-hydrogen) atoms. The fourth-order valence-corrected chi connectivity index (χ4v) is 8.81. The van der Waals surface area contributed by atoms with Gasteiger partial charge in [-0.25, -0.2) is 0 Å². The van der Waals surface area contributed by atoms with Crippen molar-refractivity contribution >= 4 is 23.3 Å². The van der Waals surface area contributed by atoms with Gasteiger partial charge in [-0.05, 0) is 40.8 Å². The first kappa shape index (κ1) is 30.4. The molecule has 1 aliphatic carbocycles. The van der Waals surface area contributed by atoms with Crippen LogP contribution in [0.15, 0.2) is 48.0 Å². The van der Waals surface area contributed by atoms with Gasteiger partial charge in [0.25, 0.3) is 5.69 Å². The Kier molecular flexibility index (Phi) is 7.71. The summed E-state index contributed by atoms with van der Waals surface area (Å²) in [5.74, 6) is 1.29. The summed E-state index contributed by atoms with van der Waals surface area (Å²) in [4.78, 5) is 37.0. The Balaban J connectivity index is 0.000000226. The second-order valence-electron chi connectivity index (χ2n) is 11.7. The average Bonchev–Trinajstić information content (AvgIpc) is 3.44. The van der Waals surface area contributed by atoms with E-state index >= 15 is 0 Å². The minimum atomic E-state index is -1.34. The van der Waals surface area contributed by atoms with Crippen LogP contribution in [0.2, 0.25) is 0 Å². The smallest absolute Gasteiger partial charge is 0.269 e. The van der Waals surface area contributed by atoms with Crippen LogP contribution in [0.5, 0.6) is 11.5 Å². The normalized spacial score (nSPS) is 31.5. The van der Waals surface area contributed by atoms with Crippen LogP contribution < -0.4 is 24.4 Å². The van der Waals surface area contributed by atoms with Gasteiger partial charge in [-0.1, -0.05) is 6.08 Å². The maximum Gasteiger partial charge on any atom is 0.269 e. The summed E-state index contributed by atoms with van der Waals surface area (Å²) in [7, 11) is 3.37. The van der Waals surface area contributed by atoms with E-state index in [-0.39, 0.29) is 45.7 Å². The molecule has 0 radical (unpaired) electrons. The molecule has 1 amide bonds. The number of carboxylic acids is 1. The molecule has 3 saturated heterocycles. The van der Waals surface area contributed by atoms with Gasteiger partial charge in [0.1, 0.15) is 6.04 Å². The standard InChI is InChI=1S/C23H26N2O4.C7H5NO4.2H2O/c1-27-16-8-14-15(9-17(16)28-2)25-20(26)10-18-21-13-7-19-23(14,22(21)25)4-5-24(19)11-12(13)3-6-29-18;9-7(10)5-1-3-6(4-2-5)8(11)12;;/h3,8-9,13,18-19,21-22H,4-7,10-11H2,1-2H3;1-4H,(H,9,10);2*1H2/t13-,18-,19-,21-,22-,23+;;;/m0.../s1. The lowest BCUT2D eigenvalue weighted by Crippen LogP contribution is -3.16. The van der Waals surface area contributed by atoms with Gasteiger partial charge < -0.3 is 44.9 Å². The number of benzene rings is 2. The quantitative estimate of drug-likeness (QED) is 0.263. The molecular formula is C30H35N3O10. The first-order valence-electron chi connectivity index (χ1n) is 14.0. The number of carbonyl (C=O) groups excluding carboxylic acids is 2. The number of hydrogen-bond acceptors (Lipinski definition) is 8. The molecule has 4 fully saturated rings. The Morgan fingerprint density at radius 3 is 2.49 bits per heavy atom. The predicted octanol–water partition coefficient (Wildman–Crippen LogP) is -0.998. The summed E-state index contributed by atoms with van der Waals surface area (Å²) in [6.45, 7) is 2.98. The molecule has 5 aliphatic heterocycles. The Hall–Kier alpha value is -4.04. The zero-order valence-electron chi connectivity index (χ0n) is 23.8. The topological polar surface area (TPSA) is 199 Å². The molecule has 2 aromatic carbocycles. The highest BCUT2D eigenvalue weighted by Gasteiger charge is 2.73. The number of amides is 1.